The molecule has 244 valence electrons. The van der Waals surface area contributed by atoms with Crippen molar-refractivity contribution in [1.29, 1.82) is 0 Å². The summed E-state index contributed by atoms with van der Waals surface area (Å²) >= 11 is 1.38. The molecule has 0 aliphatic rings. The van der Waals surface area contributed by atoms with E-state index in [1.54, 1.807) is 92.0 Å². The van der Waals surface area contributed by atoms with Gasteiger partial charge in [0.05, 0.1) is 33.7 Å². The molecule has 0 aliphatic carbocycles. The van der Waals surface area contributed by atoms with Gasteiger partial charge in [-0.25, -0.2) is 0 Å². The van der Waals surface area contributed by atoms with Crippen molar-refractivity contribution < 1.29 is 33.3 Å². The smallest absolute Gasteiger partial charge is 0.272 e. The van der Waals surface area contributed by atoms with E-state index in [2.05, 4.69) is 16.0 Å². The van der Waals surface area contributed by atoms with Crippen LogP contribution in [0.3, 0.4) is 0 Å². The maximum atomic E-state index is 13.7. The van der Waals surface area contributed by atoms with Crippen molar-refractivity contribution in [3.63, 3.8) is 0 Å². The first-order valence-corrected chi connectivity index (χ1v) is 15.6. The van der Waals surface area contributed by atoms with E-state index in [9.17, 15) is 14.4 Å². The Hall–Kier alpha value is -5.42. The Labute approximate surface area is 278 Å². The van der Waals surface area contributed by atoms with Gasteiger partial charge in [0.2, 0.25) is 11.7 Å². The van der Waals surface area contributed by atoms with Gasteiger partial charge in [0.15, 0.2) is 11.5 Å². The van der Waals surface area contributed by atoms with Crippen molar-refractivity contribution in [2.24, 2.45) is 0 Å². The normalized spacial score (nSPS) is 11.6. The molecule has 0 bridgehead atoms. The summed E-state index contributed by atoms with van der Waals surface area (Å²) in [5, 5.41) is 8.16. The lowest BCUT2D eigenvalue weighted by atomic mass is 10.1. The van der Waals surface area contributed by atoms with Crippen molar-refractivity contribution >= 4 is 46.9 Å². The van der Waals surface area contributed by atoms with Crippen molar-refractivity contribution in [1.82, 2.24) is 5.32 Å². The second kappa shape index (κ2) is 16.8. The lowest BCUT2D eigenvalue weighted by molar-refractivity contribution is -0.116. The summed E-state index contributed by atoms with van der Waals surface area (Å²) in [6.07, 6.45) is 2.10. The minimum Gasteiger partial charge on any atom is -0.497 e. The summed E-state index contributed by atoms with van der Waals surface area (Å²) < 4.78 is 21.6. The molecule has 1 atom stereocenters. The van der Waals surface area contributed by atoms with E-state index in [1.165, 1.54) is 39.2 Å². The molecule has 11 heteroatoms. The number of carbonyl (C=O) groups is 3. The fourth-order valence-corrected chi connectivity index (χ4v) is 5.56. The highest BCUT2D eigenvalue weighted by Gasteiger charge is 2.20. The van der Waals surface area contributed by atoms with Crippen LogP contribution >= 0.6 is 11.8 Å². The number of benzene rings is 4. The molecule has 4 aromatic carbocycles. The second-order valence-corrected chi connectivity index (χ2v) is 11.3. The summed E-state index contributed by atoms with van der Waals surface area (Å²) in [6, 6.07) is 26.2. The van der Waals surface area contributed by atoms with E-state index in [4.69, 9.17) is 18.9 Å². The predicted molar refractivity (Wildman–Crippen MR) is 185 cm³/mol. The van der Waals surface area contributed by atoms with E-state index in [-0.39, 0.29) is 11.6 Å². The zero-order chi connectivity index (χ0) is 33.8. The minimum atomic E-state index is -0.562. The Kier molecular flexibility index (Phi) is 12.3. The van der Waals surface area contributed by atoms with Crippen LogP contribution < -0.4 is 34.9 Å². The first-order valence-electron chi connectivity index (χ1n) is 14.7. The molecule has 4 rings (SSSR count). The molecule has 0 fully saturated rings. The van der Waals surface area contributed by atoms with Crippen LogP contribution in [0.15, 0.2) is 102 Å². The van der Waals surface area contributed by atoms with Crippen molar-refractivity contribution in [2.75, 3.05) is 39.1 Å². The predicted octanol–water partition coefficient (Wildman–Crippen LogP) is 6.64. The number of hydrogen-bond donors (Lipinski definition) is 3. The molecule has 0 aromatic heterocycles. The summed E-state index contributed by atoms with van der Waals surface area (Å²) in [5.74, 6) is 0.633. The first kappa shape index (κ1) is 34.5. The maximum Gasteiger partial charge on any atom is 0.272 e. The monoisotopic (exact) mass is 655 g/mol. The van der Waals surface area contributed by atoms with Gasteiger partial charge in [-0.1, -0.05) is 37.3 Å². The van der Waals surface area contributed by atoms with Crippen LogP contribution in [0, 0.1) is 0 Å². The molecule has 0 aliphatic heterocycles. The lowest BCUT2D eigenvalue weighted by Gasteiger charge is -2.16. The number of amides is 3. The number of carbonyl (C=O) groups excluding carboxylic acids is 3. The third-order valence-electron chi connectivity index (χ3n) is 6.90. The van der Waals surface area contributed by atoms with Crippen LogP contribution in [0.4, 0.5) is 11.4 Å². The number of methoxy groups -OCH3 is 4. The molecule has 1 unspecified atom stereocenters. The number of rotatable bonds is 14. The van der Waals surface area contributed by atoms with E-state index in [1.807, 2.05) is 13.0 Å². The Morgan fingerprint density at radius 2 is 1.40 bits per heavy atom. The number of hydrogen-bond acceptors (Lipinski definition) is 8. The van der Waals surface area contributed by atoms with Crippen molar-refractivity contribution in [3.05, 3.63) is 108 Å². The Morgan fingerprint density at radius 1 is 0.745 bits per heavy atom. The van der Waals surface area contributed by atoms with Gasteiger partial charge in [-0.3, -0.25) is 14.4 Å². The maximum absolute atomic E-state index is 13.7. The average Bonchev–Trinajstić information content (AvgIpc) is 3.10. The summed E-state index contributed by atoms with van der Waals surface area (Å²) in [5.41, 5.74) is 2.00. The fraction of sp³-hybridized carbons (Fsp3) is 0.194. The van der Waals surface area contributed by atoms with Crippen LogP contribution in [0.5, 0.6) is 23.0 Å². The fourth-order valence-electron chi connectivity index (χ4n) is 4.55. The zero-order valence-corrected chi connectivity index (χ0v) is 27.6. The summed E-state index contributed by atoms with van der Waals surface area (Å²) in [6.45, 7) is 1.93. The molecule has 0 saturated heterocycles. The van der Waals surface area contributed by atoms with Crippen LogP contribution in [-0.2, 0) is 9.59 Å². The molecule has 10 nitrogen and oxygen atoms in total. The minimum absolute atomic E-state index is 0.0183. The van der Waals surface area contributed by atoms with Gasteiger partial charge in [0.1, 0.15) is 11.4 Å². The Morgan fingerprint density at radius 3 is 2.02 bits per heavy atom. The Bertz CT molecular complexity index is 1720. The quantitative estimate of drug-likeness (QED) is 0.102. The largest absolute Gasteiger partial charge is 0.497 e. The third kappa shape index (κ3) is 9.30. The highest BCUT2D eigenvalue weighted by atomic mass is 32.2. The van der Waals surface area contributed by atoms with Gasteiger partial charge in [-0.05, 0) is 72.7 Å². The lowest BCUT2D eigenvalue weighted by Crippen LogP contribution is -2.30. The molecule has 0 spiro atoms. The number of ether oxygens (including phenoxy) is 4. The number of anilines is 2. The van der Waals surface area contributed by atoms with E-state index in [0.717, 1.165) is 4.90 Å². The Balaban J connectivity index is 1.57. The molecule has 3 amide bonds. The molecular weight excluding hydrogens is 618 g/mol. The standard InChI is InChI=1S/C36H37N3O7S/c1-6-32(36(42)38-25-14-10-16-27(21-25)43-2)47-28-17-11-15-26(22-28)37-35(41)29(39-34(40)24-12-8-7-9-13-24)18-23-19-30(44-3)33(46-5)31(20-23)45-4/h7-22,32H,6H2,1-5H3,(H,37,41)(H,38,42)(H,39,40)/b29-18+. The topological polar surface area (TPSA) is 124 Å². The van der Waals surface area contributed by atoms with E-state index in [0.29, 0.717) is 51.9 Å². The van der Waals surface area contributed by atoms with Crippen molar-refractivity contribution in [2.45, 2.75) is 23.5 Å². The summed E-state index contributed by atoms with van der Waals surface area (Å²) in [4.78, 5) is 40.7. The highest BCUT2D eigenvalue weighted by molar-refractivity contribution is 8.00. The molecular formula is C36H37N3O7S. The van der Waals surface area contributed by atoms with E-state index < -0.39 is 17.1 Å². The van der Waals surface area contributed by atoms with Crippen LogP contribution in [0.25, 0.3) is 6.08 Å². The first-order chi connectivity index (χ1) is 22.8. The third-order valence-corrected chi connectivity index (χ3v) is 8.26. The van der Waals surface area contributed by atoms with Crippen LogP contribution in [-0.4, -0.2) is 51.4 Å². The molecule has 4 aromatic rings. The number of nitrogens with one attached hydrogen (secondary N) is 3. The summed E-state index contributed by atoms with van der Waals surface area (Å²) in [7, 11) is 6.05. The van der Waals surface area contributed by atoms with Crippen molar-refractivity contribution in [3.8, 4) is 23.0 Å². The second-order valence-electron chi connectivity index (χ2n) is 10.1. The average molecular weight is 656 g/mol. The van der Waals surface area contributed by atoms with Gasteiger partial charge in [0, 0.05) is 27.9 Å². The molecule has 0 heterocycles. The van der Waals surface area contributed by atoms with Gasteiger partial charge >= 0.3 is 0 Å². The van der Waals surface area contributed by atoms with Gasteiger partial charge in [-0.2, -0.15) is 0 Å². The SMILES string of the molecule is CCC(Sc1cccc(NC(=O)/C(=C\c2cc(OC)c(OC)c(OC)c2)NC(=O)c2ccccc2)c1)C(=O)Nc1cccc(OC)c1. The highest BCUT2D eigenvalue weighted by Crippen LogP contribution is 2.38. The molecule has 3 N–H and O–H groups in total. The van der Waals surface area contributed by atoms with E-state index >= 15 is 0 Å². The number of thioether (sulfide) groups is 1. The van der Waals surface area contributed by atoms with Crippen LogP contribution in [0.1, 0.15) is 29.3 Å². The van der Waals surface area contributed by atoms with Gasteiger partial charge in [0.25, 0.3) is 11.8 Å². The zero-order valence-electron chi connectivity index (χ0n) is 26.8. The van der Waals surface area contributed by atoms with Gasteiger partial charge in [-0.15, -0.1) is 11.8 Å². The molecule has 0 radical (unpaired) electrons. The molecule has 0 saturated carbocycles. The van der Waals surface area contributed by atoms with Gasteiger partial charge < -0.3 is 34.9 Å². The van der Waals surface area contributed by atoms with Crippen LogP contribution in [0.2, 0.25) is 0 Å². The molecule has 47 heavy (non-hydrogen) atoms.